The van der Waals surface area contributed by atoms with Crippen molar-refractivity contribution < 1.29 is 22.7 Å². The van der Waals surface area contributed by atoms with E-state index in [2.05, 4.69) is 10.1 Å². The molecule has 0 aliphatic heterocycles. The van der Waals surface area contributed by atoms with E-state index in [1.54, 1.807) is 43.3 Å². The maximum atomic E-state index is 12.9. The fourth-order valence-corrected chi connectivity index (χ4v) is 2.33. The molecule has 3 aromatic rings. The number of aromatic nitrogens is 3. The summed E-state index contributed by atoms with van der Waals surface area (Å²) in [5.74, 6) is -0.107. The number of alkyl halides is 3. The molecular weight excluding hydrogens is 359 g/mol. The molecule has 138 valence electrons. The molecule has 0 saturated carbocycles. The third-order valence-electron chi connectivity index (χ3n) is 3.50. The minimum atomic E-state index is -4.45. The lowest BCUT2D eigenvalue weighted by Crippen LogP contribution is -2.05. The number of carbonyl (C=O) groups excluding carboxylic acids is 1. The van der Waals surface area contributed by atoms with Gasteiger partial charge in [0.1, 0.15) is 12.1 Å². The normalized spacial score (nSPS) is 11.7. The van der Waals surface area contributed by atoms with E-state index in [9.17, 15) is 18.0 Å². The Morgan fingerprint density at radius 1 is 1.15 bits per heavy atom. The number of para-hydroxylation sites is 1. The first-order valence-corrected chi connectivity index (χ1v) is 7.87. The fourth-order valence-electron chi connectivity index (χ4n) is 2.33. The maximum absolute atomic E-state index is 12.9. The van der Waals surface area contributed by atoms with Crippen LogP contribution in [0, 0.1) is 6.92 Å². The summed E-state index contributed by atoms with van der Waals surface area (Å²) in [6.07, 6.45) is -0.716. The minimum absolute atomic E-state index is 0.116. The average molecular weight is 373 g/mol. The molecule has 0 N–H and O–H groups in total. The number of ether oxygens (including phenoxy) is 1. The van der Waals surface area contributed by atoms with Gasteiger partial charge in [0.25, 0.3) is 0 Å². The van der Waals surface area contributed by atoms with E-state index < -0.39 is 17.7 Å². The van der Waals surface area contributed by atoms with Gasteiger partial charge in [0.15, 0.2) is 5.82 Å². The standard InChI is InChI=1S/C19H14F3N3O2/c1-13-9-14(11-15(10-13)19(20,21)22)18-23-12-25(24-18)8-7-17(26)27-16-5-3-2-4-6-16/h2-12H,1H3/b8-7-. The molecule has 8 heteroatoms. The molecule has 0 bridgehead atoms. The Labute approximate surface area is 152 Å². The summed E-state index contributed by atoms with van der Waals surface area (Å²) in [6, 6.07) is 12.1. The Hall–Kier alpha value is -3.42. The minimum Gasteiger partial charge on any atom is -0.423 e. The van der Waals surface area contributed by atoms with E-state index in [1.165, 1.54) is 17.2 Å². The summed E-state index contributed by atoms with van der Waals surface area (Å²) in [5, 5.41) is 4.07. The fraction of sp³-hybridized carbons (Fsp3) is 0.105. The van der Waals surface area contributed by atoms with Gasteiger partial charge in [-0.05, 0) is 42.8 Å². The first-order valence-electron chi connectivity index (χ1n) is 7.87. The number of carbonyl (C=O) groups is 1. The molecule has 0 unspecified atom stereocenters. The van der Waals surface area contributed by atoms with Crippen molar-refractivity contribution in [1.29, 1.82) is 0 Å². The third-order valence-corrected chi connectivity index (χ3v) is 3.50. The van der Waals surface area contributed by atoms with Crippen LogP contribution < -0.4 is 4.74 Å². The SMILES string of the molecule is Cc1cc(-c2ncn(/C=C\C(=O)Oc3ccccc3)n2)cc(C(F)(F)F)c1. The summed E-state index contributed by atoms with van der Waals surface area (Å²) in [6.45, 7) is 1.56. The maximum Gasteiger partial charge on any atom is 0.416 e. The smallest absolute Gasteiger partial charge is 0.416 e. The van der Waals surface area contributed by atoms with Crippen LogP contribution in [0.15, 0.2) is 60.9 Å². The lowest BCUT2D eigenvalue weighted by molar-refractivity contribution is -0.137. The number of hydrogen-bond donors (Lipinski definition) is 0. The van der Waals surface area contributed by atoms with Gasteiger partial charge < -0.3 is 4.74 Å². The van der Waals surface area contributed by atoms with Crippen LogP contribution in [0.3, 0.4) is 0 Å². The van der Waals surface area contributed by atoms with Crippen molar-refractivity contribution in [2.45, 2.75) is 13.1 Å². The Kier molecular flexibility index (Phi) is 5.07. The van der Waals surface area contributed by atoms with Crippen molar-refractivity contribution in [2.75, 3.05) is 0 Å². The predicted molar refractivity (Wildman–Crippen MR) is 92.6 cm³/mol. The van der Waals surface area contributed by atoms with Gasteiger partial charge in [0, 0.05) is 17.8 Å². The Balaban J connectivity index is 1.75. The monoisotopic (exact) mass is 373 g/mol. The van der Waals surface area contributed by atoms with Gasteiger partial charge in [-0.15, -0.1) is 5.10 Å². The highest BCUT2D eigenvalue weighted by atomic mass is 19.4. The molecule has 0 aliphatic carbocycles. The van der Waals surface area contributed by atoms with E-state index in [1.807, 2.05) is 0 Å². The van der Waals surface area contributed by atoms with Crippen LogP contribution in [0.4, 0.5) is 13.2 Å². The highest BCUT2D eigenvalue weighted by molar-refractivity contribution is 5.86. The first kappa shape index (κ1) is 18.4. The number of aryl methyl sites for hydroxylation is 1. The van der Waals surface area contributed by atoms with Crippen LogP contribution in [0.5, 0.6) is 5.75 Å². The molecule has 0 radical (unpaired) electrons. The molecule has 0 atom stereocenters. The van der Waals surface area contributed by atoms with Gasteiger partial charge in [0.05, 0.1) is 5.56 Å². The van der Waals surface area contributed by atoms with E-state index in [0.717, 1.165) is 18.2 Å². The van der Waals surface area contributed by atoms with Crippen LogP contribution >= 0.6 is 0 Å². The quantitative estimate of drug-likeness (QED) is 0.388. The van der Waals surface area contributed by atoms with Gasteiger partial charge in [-0.1, -0.05) is 18.2 Å². The van der Waals surface area contributed by atoms with Gasteiger partial charge in [-0.25, -0.2) is 14.5 Å². The van der Waals surface area contributed by atoms with Crippen molar-refractivity contribution in [3.05, 3.63) is 72.1 Å². The molecule has 1 aromatic heterocycles. The van der Waals surface area contributed by atoms with Crippen LogP contribution in [0.2, 0.25) is 0 Å². The van der Waals surface area contributed by atoms with Crippen LogP contribution in [0.25, 0.3) is 17.6 Å². The van der Waals surface area contributed by atoms with Gasteiger partial charge >= 0.3 is 12.1 Å². The summed E-state index contributed by atoms with van der Waals surface area (Å²) in [5.41, 5.74) is -0.0877. The highest BCUT2D eigenvalue weighted by Crippen LogP contribution is 2.32. The van der Waals surface area contributed by atoms with E-state index in [-0.39, 0.29) is 11.4 Å². The van der Waals surface area contributed by atoms with E-state index in [4.69, 9.17) is 4.74 Å². The molecule has 0 fully saturated rings. The Morgan fingerprint density at radius 3 is 2.59 bits per heavy atom. The van der Waals surface area contributed by atoms with Crippen molar-refractivity contribution >= 4 is 12.2 Å². The van der Waals surface area contributed by atoms with Gasteiger partial charge in [0.2, 0.25) is 0 Å². The molecule has 2 aromatic carbocycles. The van der Waals surface area contributed by atoms with Crippen molar-refractivity contribution in [1.82, 2.24) is 14.8 Å². The van der Waals surface area contributed by atoms with Gasteiger partial charge in [-0.3, -0.25) is 0 Å². The lowest BCUT2D eigenvalue weighted by atomic mass is 10.1. The van der Waals surface area contributed by atoms with E-state index in [0.29, 0.717) is 11.3 Å². The zero-order chi connectivity index (χ0) is 19.4. The number of esters is 1. The summed E-state index contributed by atoms with van der Waals surface area (Å²) < 4.78 is 45.1. The average Bonchev–Trinajstić information content (AvgIpc) is 3.09. The van der Waals surface area contributed by atoms with Crippen LogP contribution in [-0.4, -0.2) is 20.7 Å². The van der Waals surface area contributed by atoms with Crippen LogP contribution in [0.1, 0.15) is 11.1 Å². The van der Waals surface area contributed by atoms with Crippen LogP contribution in [-0.2, 0) is 11.0 Å². The zero-order valence-electron chi connectivity index (χ0n) is 14.1. The van der Waals surface area contributed by atoms with Gasteiger partial charge in [-0.2, -0.15) is 13.2 Å². The topological polar surface area (TPSA) is 57.0 Å². The van der Waals surface area contributed by atoms with Crippen molar-refractivity contribution in [3.63, 3.8) is 0 Å². The third kappa shape index (κ3) is 4.81. The molecule has 5 nitrogen and oxygen atoms in total. The largest absolute Gasteiger partial charge is 0.423 e. The second-order valence-electron chi connectivity index (χ2n) is 5.68. The molecule has 1 heterocycles. The zero-order valence-corrected chi connectivity index (χ0v) is 14.1. The van der Waals surface area contributed by atoms with Crippen molar-refractivity contribution in [2.24, 2.45) is 0 Å². The number of nitrogens with zero attached hydrogens (tertiary/aromatic N) is 3. The number of halogens is 3. The highest BCUT2D eigenvalue weighted by Gasteiger charge is 2.31. The van der Waals surface area contributed by atoms with E-state index >= 15 is 0 Å². The predicted octanol–water partition coefficient (Wildman–Crippen LogP) is 4.35. The summed E-state index contributed by atoms with van der Waals surface area (Å²) in [7, 11) is 0. The second kappa shape index (κ2) is 7.45. The second-order valence-corrected chi connectivity index (χ2v) is 5.68. The lowest BCUT2D eigenvalue weighted by Gasteiger charge is -2.09. The number of hydrogen-bond acceptors (Lipinski definition) is 4. The number of benzene rings is 2. The van der Waals surface area contributed by atoms with Crippen molar-refractivity contribution in [3.8, 4) is 17.1 Å². The number of rotatable bonds is 4. The molecule has 0 saturated heterocycles. The molecule has 0 amide bonds. The first-order chi connectivity index (χ1) is 12.8. The Bertz CT molecular complexity index is 979. The summed E-state index contributed by atoms with van der Waals surface area (Å²) >= 11 is 0. The molecule has 0 spiro atoms. The molecule has 0 aliphatic rings. The Morgan fingerprint density at radius 2 is 1.89 bits per heavy atom. The molecular formula is C19H14F3N3O2. The summed E-state index contributed by atoms with van der Waals surface area (Å²) in [4.78, 5) is 15.8. The molecule has 3 rings (SSSR count). The molecule has 27 heavy (non-hydrogen) atoms.